The molecule has 12 heavy (non-hydrogen) atoms. The van der Waals surface area contributed by atoms with Crippen molar-refractivity contribution in [3.63, 3.8) is 0 Å². The van der Waals surface area contributed by atoms with Gasteiger partial charge in [-0.15, -0.1) is 0 Å². The van der Waals surface area contributed by atoms with Gasteiger partial charge in [-0.3, -0.25) is 0 Å². The van der Waals surface area contributed by atoms with Gasteiger partial charge in [0.2, 0.25) is 0 Å². The van der Waals surface area contributed by atoms with Gasteiger partial charge in [-0.1, -0.05) is 0 Å². The molecule has 0 atom stereocenters. The first-order valence-corrected chi connectivity index (χ1v) is 7.15. The van der Waals surface area contributed by atoms with Crippen molar-refractivity contribution in [2.24, 2.45) is 0 Å². The Morgan fingerprint density at radius 3 is 2.50 bits per heavy atom. The van der Waals surface area contributed by atoms with Crippen LogP contribution in [0.25, 0.3) is 0 Å². The van der Waals surface area contributed by atoms with Crippen molar-refractivity contribution in [2.75, 3.05) is 19.3 Å². The van der Waals surface area contributed by atoms with E-state index in [1.54, 1.807) is 6.26 Å². The van der Waals surface area contributed by atoms with Crippen molar-refractivity contribution in [3.05, 3.63) is 0 Å². The lowest BCUT2D eigenvalue weighted by atomic mass is 10.1. The van der Waals surface area contributed by atoms with Crippen molar-refractivity contribution in [1.82, 2.24) is 10.0 Å². The summed E-state index contributed by atoms with van der Waals surface area (Å²) in [4.78, 5) is 0. The van der Waals surface area contributed by atoms with E-state index in [1.165, 1.54) is 0 Å². The van der Waals surface area contributed by atoms with Crippen LogP contribution in [0.4, 0.5) is 0 Å². The molecule has 1 aliphatic rings. The molecule has 0 aromatic carbocycles. The number of hydrogen-bond acceptors (Lipinski definition) is 4. The first-order valence-electron chi connectivity index (χ1n) is 3.92. The summed E-state index contributed by atoms with van der Waals surface area (Å²) in [5.41, 5.74) is 0. The minimum atomic E-state index is -3.08. The Bertz CT molecular complexity index is 222. The SMILES string of the molecule is CSS(=O)(=O)NC1CCNCC1. The Hall–Kier alpha value is 0.220. The van der Waals surface area contributed by atoms with Crippen molar-refractivity contribution in [3.8, 4) is 0 Å². The largest absolute Gasteiger partial charge is 0.317 e. The average molecular weight is 210 g/mol. The van der Waals surface area contributed by atoms with E-state index in [-0.39, 0.29) is 6.04 Å². The van der Waals surface area contributed by atoms with Gasteiger partial charge in [-0.25, -0.2) is 13.1 Å². The number of hydrogen-bond donors (Lipinski definition) is 2. The number of nitrogens with one attached hydrogen (secondary N) is 2. The van der Waals surface area contributed by atoms with Crippen LogP contribution in [0.1, 0.15) is 12.8 Å². The normalized spacial score (nSPS) is 21.1. The van der Waals surface area contributed by atoms with E-state index in [2.05, 4.69) is 10.0 Å². The quantitative estimate of drug-likeness (QED) is 0.641. The van der Waals surface area contributed by atoms with Crippen LogP contribution in [-0.2, 0) is 9.06 Å². The summed E-state index contributed by atoms with van der Waals surface area (Å²) in [5, 5.41) is 3.18. The second kappa shape index (κ2) is 4.45. The molecule has 4 nitrogen and oxygen atoms in total. The maximum absolute atomic E-state index is 11.1. The van der Waals surface area contributed by atoms with Gasteiger partial charge >= 0.3 is 0 Å². The zero-order valence-electron chi connectivity index (χ0n) is 7.04. The number of rotatable bonds is 3. The van der Waals surface area contributed by atoms with Gasteiger partial charge in [0, 0.05) is 6.04 Å². The summed E-state index contributed by atoms with van der Waals surface area (Å²) in [5.74, 6) is 0. The highest BCUT2D eigenvalue weighted by Crippen LogP contribution is 2.09. The fourth-order valence-corrected chi connectivity index (χ4v) is 2.63. The Morgan fingerprint density at radius 2 is 2.00 bits per heavy atom. The minimum Gasteiger partial charge on any atom is -0.317 e. The van der Waals surface area contributed by atoms with E-state index in [9.17, 15) is 8.42 Å². The van der Waals surface area contributed by atoms with Crippen LogP contribution in [0.3, 0.4) is 0 Å². The van der Waals surface area contributed by atoms with Crippen LogP contribution < -0.4 is 10.0 Å². The van der Waals surface area contributed by atoms with Gasteiger partial charge < -0.3 is 5.32 Å². The van der Waals surface area contributed by atoms with E-state index in [0.717, 1.165) is 36.7 Å². The zero-order chi connectivity index (χ0) is 9.03. The molecule has 0 bridgehead atoms. The van der Waals surface area contributed by atoms with E-state index in [4.69, 9.17) is 0 Å². The fourth-order valence-electron chi connectivity index (χ4n) is 1.19. The molecule has 1 rings (SSSR count). The Kier molecular flexibility index (Phi) is 3.82. The molecule has 0 aromatic rings. The van der Waals surface area contributed by atoms with Crippen LogP contribution in [0.5, 0.6) is 0 Å². The predicted octanol–water partition coefficient (Wildman–Crippen LogP) is -0.0642. The third kappa shape index (κ3) is 3.30. The molecule has 1 saturated heterocycles. The monoisotopic (exact) mass is 210 g/mol. The predicted molar refractivity (Wildman–Crippen MR) is 51.5 cm³/mol. The van der Waals surface area contributed by atoms with Crippen LogP contribution in [0.15, 0.2) is 0 Å². The first-order chi connectivity index (χ1) is 5.64. The molecule has 1 fully saturated rings. The van der Waals surface area contributed by atoms with Crippen LogP contribution in [-0.4, -0.2) is 33.8 Å². The van der Waals surface area contributed by atoms with Crippen molar-refractivity contribution in [1.29, 1.82) is 0 Å². The molecule has 0 aliphatic carbocycles. The third-order valence-electron chi connectivity index (χ3n) is 1.87. The molecule has 0 amide bonds. The Balaban J connectivity index is 2.39. The maximum Gasteiger partial charge on any atom is 0.264 e. The van der Waals surface area contributed by atoms with Crippen molar-refractivity contribution < 1.29 is 8.42 Å². The molecular weight excluding hydrogens is 196 g/mol. The van der Waals surface area contributed by atoms with Crippen LogP contribution in [0.2, 0.25) is 0 Å². The van der Waals surface area contributed by atoms with E-state index >= 15 is 0 Å². The lowest BCUT2D eigenvalue weighted by Crippen LogP contribution is -2.41. The smallest absolute Gasteiger partial charge is 0.264 e. The molecule has 6 heteroatoms. The molecule has 2 N–H and O–H groups in total. The highest BCUT2D eigenvalue weighted by molar-refractivity contribution is 8.71. The van der Waals surface area contributed by atoms with Gasteiger partial charge in [-0.05, 0) is 43.0 Å². The van der Waals surface area contributed by atoms with E-state index in [0.29, 0.717) is 0 Å². The molecule has 0 aromatic heterocycles. The Labute approximate surface area is 76.9 Å². The first kappa shape index (κ1) is 10.3. The van der Waals surface area contributed by atoms with Crippen molar-refractivity contribution >= 4 is 19.8 Å². The second-order valence-corrected chi connectivity index (χ2v) is 6.56. The maximum atomic E-state index is 11.1. The van der Waals surface area contributed by atoms with Crippen LogP contribution >= 0.6 is 10.8 Å². The molecule has 1 aliphatic heterocycles. The van der Waals surface area contributed by atoms with Crippen LogP contribution in [0, 0.1) is 0 Å². The molecule has 72 valence electrons. The summed E-state index contributed by atoms with van der Waals surface area (Å²) >= 11 is 0. The summed E-state index contributed by atoms with van der Waals surface area (Å²) in [6.07, 6.45) is 3.35. The molecular formula is C6H14N2O2S2. The van der Waals surface area contributed by atoms with Gasteiger partial charge in [0.1, 0.15) is 0 Å². The molecule has 0 unspecified atom stereocenters. The average Bonchev–Trinajstić information content (AvgIpc) is 2.06. The minimum absolute atomic E-state index is 0.128. The standard InChI is InChI=1S/C6H14N2O2S2/c1-11-12(9,10)8-6-2-4-7-5-3-6/h6-8H,2-5H2,1H3. The lowest BCUT2D eigenvalue weighted by molar-refractivity contribution is 0.430. The Morgan fingerprint density at radius 1 is 1.42 bits per heavy atom. The summed E-state index contributed by atoms with van der Waals surface area (Å²) < 4.78 is 24.8. The number of piperidine rings is 1. The van der Waals surface area contributed by atoms with Gasteiger partial charge in [0.15, 0.2) is 0 Å². The summed E-state index contributed by atoms with van der Waals surface area (Å²) in [7, 11) is -2.22. The molecule has 1 heterocycles. The summed E-state index contributed by atoms with van der Waals surface area (Å²) in [6.45, 7) is 1.81. The zero-order valence-corrected chi connectivity index (χ0v) is 8.67. The van der Waals surface area contributed by atoms with E-state index in [1.807, 2.05) is 0 Å². The second-order valence-electron chi connectivity index (χ2n) is 2.76. The van der Waals surface area contributed by atoms with Gasteiger partial charge in [-0.2, -0.15) is 0 Å². The molecule has 0 saturated carbocycles. The molecule has 0 radical (unpaired) electrons. The topological polar surface area (TPSA) is 58.2 Å². The third-order valence-corrected chi connectivity index (χ3v) is 4.54. The summed E-state index contributed by atoms with van der Waals surface area (Å²) in [6, 6.07) is 0.128. The molecule has 0 spiro atoms. The van der Waals surface area contributed by atoms with Gasteiger partial charge in [0.25, 0.3) is 9.06 Å². The van der Waals surface area contributed by atoms with Gasteiger partial charge in [0.05, 0.1) is 0 Å². The van der Waals surface area contributed by atoms with Crippen molar-refractivity contribution in [2.45, 2.75) is 18.9 Å². The highest BCUT2D eigenvalue weighted by atomic mass is 33.1. The lowest BCUT2D eigenvalue weighted by Gasteiger charge is -2.22. The fraction of sp³-hybridized carbons (Fsp3) is 1.00. The van der Waals surface area contributed by atoms with E-state index < -0.39 is 9.06 Å². The highest BCUT2D eigenvalue weighted by Gasteiger charge is 2.18.